The van der Waals surface area contributed by atoms with Gasteiger partial charge in [0.25, 0.3) is 0 Å². The predicted octanol–water partition coefficient (Wildman–Crippen LogP) is 5.39. The molecule has 0 bridgehead atoms. The van der Waals surface area contributed by atoms with Crippen LogP contribution < -0.4 is 0 Å². The number of aryl methyl sites for hydroxylation is 1. The lowest BCUT2D eigenvalue weighted by molar-refractivity contribution is 0.496. The summed E-state index contributed by atoms with van der Waals surface area (Å²) in [5.41, 5.74) is 9.00. The third-order valence-corrected chi connectivity index (χ3v) is 4.99. The van der Waals surface area contributed by atoms with E-state index in [0.717, 1.165) is 18.8 Å². The quantitative estimate of drug-likeness (QED) is 0.674. The van der Waals surface area contributed by atoms with Gasteiger partial charge >= 0.3 is 0 Å². The van der Waals surface area contributed by atoms with Crippen molar-refractivity contribution in [1.82, 2.24) is 4.98 Å². The maximum absolute atomic E-state index is 4.89. The van der Waals surface area contributed by atoms with Crippen LogP contribution in [-0.4, -0.2) is 11.2 Å². The molecule has 112 valence electrons. The minimum absolute atomic E-state index is 0.744. The number of hydrogen-bond donors (Lipinski definition) is 1. The van der Waals surface area contributed by atoms with Crippen LogP contribution in [0.2, 0.25) is 0 Å². The Balaban J connectivity index is 1.91. The van der Waals surface area contributed by atoms with E-state index in [9.17, 15) is 0 Å². The second-order valence-corrected chi connectivity index (χ2v) is 6.86. The fourth-order valence-corrected chi connectivity index (χ4v) is 3.70. The van der Waals surface area contributed by atoms with E-state index in [1.165, 1.54) is 51.0 Å². The number of rotatable bonds is 0. The van der Waals surface area contributed by atoms with E-state index >= 15 is 0 Å². The summed E-state index contributed by atoms with van der Waals surface area (Å²) >= 11 is 0. The number of aromatic nitrogens is 1. The summed E-state index contributed by atoms with van der Waals surface area (Å²) in [6, 6.07) is 6.59. The van der Waals surface area contributed by atoms with Gasteiger partial charge in [0.15, 0.2) is 0 Å². The summed E-state index contributed by atoms with van der Waals surface area (Å²) in [4.78, 5) is 8.46. The average Bonchev–Trinajstić information content (AvgIpc) is 2.79. The van der Waals surface area contributed by atoms with Crippen LogP contribution in [0, 0.1) is 12.8 Å². The zero-order chi connectivity index (χ0) is 15.3. The van der Waals surface area contributed by atoms with Gasteiger partial charge in [-0.05, 0) is 67.9 Å². The molecule has 1 aromatic heterocycles. The fraction of sp³-hybridized carbons (Fsp3) is 0.350. The van der Waals surface area contributed by atoms with Crippen LogP contribution in [0.15, 0.2) is 40.0 Å². The summed E-state index contributed by atoms with van der Waals surface area (Å²) in [6.07, 6.45) is 7.91. The monoisotopic (exact) mass is 290 g/mol. The molecule has 1 atom stereocenters. The van der Waals surface area contributed by atoms with Crippen molar-refractivity contribution in [2.45, 2.75) is 40.0 Å². The van der Waals surface area contributed by atoms with Gasteiger partial charge in [-0.2, -0.15) is 0 Å². The normalized spacial score (nSPS) is 25.0. The molecule has 0 fully saturated rings. The first-order chi connectivity index (χ1) is 10.6. The molecule has 0 spiro atoms. The maximum atomic E-state index is 4.89. The molecular weight excluding hydrogens is 268 g/mol. The topological polar surface area (TPSA) is 28.1 Å². The van der Waals surface area contributed by atoms with Crippen molar-refractivity contribution in [2.24, 2.45) is 10.9 Å². The van der Waals surface area contributed by atoms with Gasteiger partial charge in [0.2, 0.25) is 0 Å². The van der Waals surface area contributed by atoms with Crippen molar-refractivity contribution < 1.29 is 0 Å². The Hall–Kier alpha value is -2.09. The van der Waals surface area contributed by atoms with Crippen LogP contribution in [0.1, 0.15) is 49.9 Å². The molecule has 2 aromatic rings. The lowest BCUT2D eigenvalue weighted by Crippen LogP contribution is -2.09. The average molecular weight is 290 g/mol. The van der Waals surface area contributed by atoms with Crippen molar-refractivity contribution in [1.29, 1.82) is 0 Å². The van der Waals surface area contributed by atoms with E-state index in [2.05, 4.69) is 56.2 Å². The molecule has 0 radical (unpaired) electrons. The highest BCUT2D eigenvalue weighted by Crippen LogP contribution is 2.36. The standard InChI is InChI=1S/C20H22N2/c1-12-4-6-15-14(3)10-20-17(11-21-18(15)8-12)16-7-5-13(2)9-19(16)22-20/h5,7,9-12,22H,4,6,8H2,1-3H3/b14-10+,15-14?,17-11?,20-10?,21-11-,21-18?. The van der Waals surface area contributed by atoms with E-state index in [0.29, 0.717) is 0 Å². The second-order valence-electron chi connectivity index (χ2n) is 6.86. The number of hydrogen-bond acceptors (Lipinski definition) is 1. The van der Waals surface area contributed by atoms with Gasteiger partial charge in [-0.1, -0.05) is 19.1 Å². The number of benzene rings is 1. The molecule has 1 aliphatic heterocycles. The molecule has 22 heavy (non-hydrogen) atoms. The molecule has 2 heteroatoms. The summed E-state index contributed by atoms with van der Waals surface area (Å²) in [7, 11) is 0. The number of H-pyrrole nitrogens is 1. The highest BCUT2D eigenvalue weighted by molar-refractivity contribution is 6.03. The Morgan fingerprint density at radius 1 is 1.23 bits per heavy atom. The molecule has 2 aliphatic rings. The third kappa shape index (κ3) is 2.14. The molecule has 2 nitrogen and oxygen atoms in total. The summed E-state index contributed by atoms with van der Waals surface area (Å²) in [5.74, 6) is 0.744. The zero-order valence-electron chi connectivity index (χ0n) is 13.5. The third-order valence-electron chi connectivity index (χ3n) is 4.99. The minimum atomic E-state index is 0.744. The van der Waals surface area contributed by atoms with E-state index < -0.39 is 0 Å². The second kappa shape index (κ2) is 4.98. The van der Waals surface area contributed by atoms with Crippen LogP contribution in [0.4, 0.5) is 0 Å². The Kier molecular flexibility index (Phi) is 3.07. The van der Waals surface area contributed by atoms with E-state index in [-0.39, 0.29) is 0 Å². The van der Waals surface area contributed by atoms with Crippen LogP contribution in [0.25, 0.3) is 17.0 Å². The van der Waals surface area contributed by atoms with Crippen LogP contribution in [0.3, 0.4) is 0 Å². The van der Waals surface area contributed by atoms with Gasteiger partial charge in [-0.3, -0.25) is 4.99 Å². The number of aromatic amines is 1. The van der Waals surface area contributed by atoms with Gasteiger partial charge in [0.05, 0.1) is 0 Å². The molecule has 1 unspecified atom stereocenters. The summed E-state index contributed by atoms with van der Waals surface area (Å²) in [5, 5.41) is 1.27. The van der Waals surface area contributed by atoms with Crippen LogP contribution >= 0.6 is 0 Å². The number of fused-ring (bicyclic) bond motifs is 3. The molecule has 1 aliphatic carbocycles. The zero-order valence-corrected chi connectivity index (χ0v) is 13.5. The largest absolute Gasteiger partial charge is 0.354 e. The van der Waals surface area contributed by atoms with Gasteiger partial charge in [-0.25, -0.2) is 0 Å². The SMILES string of the molecule is C/C1=C\c2[nH]c3cc(C)ccc3c2/C=N\C2=C1CCC(C)C2. The van der Waals surface area contributed by atoms with Crippen molar-refractivity contribution in [2.75, 3.05) is 0 Å². The Labute approximate surface area is 131 Å². The van der Waals surface area contributed by atoms with E-state index in [1.54, 1.807) is 0 Å². The highest BCUT2D eigenvalue weighted by Gasteiger charge is 2.20. The smallest absolute Gasteiger partial charge is 0.0483 e. The molecule has 0 saturated carbocycles. The fourth-order valence-electron chi connectivity index (χ4n) is 3.70. The van der Waals surface area contributed by atoms with Crippen molar-refractivity contribution in [3.05, 3.63) is 51.9 Å². The highest BCUT2D eigenvalue weighted by atomic mass is 14.8. The van der Waals surface area contributed by atoms with Gasteiger partial charge in [0, 0.05) is 34.1 Å². The Morgan fingerprint density at radius 2 is 2.09 bits per heavy atom. The van der Waals surface area contributed by atoms with Crippen LogP contribution in [-0.2, 0) is 0 Å². The molecule has 2 heterocycles. The number of aliphatic imine (C=N–C) groups is 1. The number of allylic oxidation sites excluding steroid dienone is 3. The molecule has 0 amide bonds. The number of nitrogens with one attached hydrogen (secondary N) is 1. The predicted molar refractivity (Wildman–Crippen MR) is 94.3 cm³/mol. The molecular formula is C20H22N2. The van der Waals surface area contributed by atoms with Gasteiger partial charge in [-0.15, -0.1) is 0 Å². The van der Waals surface area contributed by atoms with Crippen LogP contribution in [0.5, 0.6) is 0 Å². The Bertz CT molecular complexity index is 846. The molecule has 1 N–H and O–H groups in total. The first kappa shape index (κ1) is 13.6. The van der Waals surface area contributed by atoms with E-state index in [4.69, 9.17) is 4.99 Å². The maximum Gasteiger partial charge on any atom is 0.0483 e. The van der Waals surface area contributed by atoms with Crippen molar-refractivity contribution in [3.8, 4) is 0 Å². The van der Waals surface area contributed by atoms with Gasteiger partial charge < -0.3 is 4.98 Å². The van der Waals surface area contributed by atoms with Gasteiger partial charge in [0.1, 0.15) is 0 Å². The molecule has 1 aromatic carbocycles. The lowest BCUT2D eigenvalue weighted by atomic mass is 9.85. The Morgan fingerprint density at radius 3 is 2.95 bits per heavy atom. The van der Waals surface area contributed by atoms with E-state index in [1.807, 2.05) is 0 Å². The first-order valence-electron chi connectivity index (χ1n) is 8.19. The number of nitrogens with zero attached hydrogens (tertiary/aromatic N) is 1. The lowest BCUT2D eigenvalue weighted by Gasteiger charge is -2.24. The first-order valence-corrected chi connectivity index (χ1v) is 8.19. The minimum Gasteiger partial charge on any atom is -0.354 e. The molecule has 4 rings (SSSR count). The van der Waals surface area contributed by atoms with Crippen molar-refractivity contribution in [3.63, 3.8) is 0 Å². The summed E-state index contributed by atoms with van der Waals surface area (Å²) in [6.45, 7) is 6.69. The molecule has 0 saturated heterocycles. The summed E-state index contributed by atoms with van der Waals surface area (Å²) < 4.78 is 0. The van der Waals surface area contributed by atoms with Crippen molar-refractivity contribution >= 4 is 23.2 Å².